The molecule has 2 N–H and O–H groups in total. The summed E-state index contributed by atoms with van der Waals surface area (Å²) in [7, 11) is 0. The second-order valence-electron chi connectivity index (χ2n) is 7.38. The van der Waals surface area contributed by atoms with Gasteiger partial charge >= 0.3 is 0 Å². The van der Waals surface area contributed by atoms with Crippen molar-refractivity contribution in [2.24, 2.45) is 4.99 Å². The quantitative estimate of drug-likeness (QED) is 0.311. The highest BCUT2D eigenvalue weighted by atomic mass is 35.5. The van der Waals surface area contributed by atoms with Gasteiger partial charge in [-0.05, 0) is 45.7 Å². The van der Waals surface area contributed by atoms with Crippen molar-refractivity contribution in [1.29, 1.82) is 0 Å². The Hall–Kier alpha value is -1.41. The first-order chi connectivity index (χ1) is 14.6. The van der Waals surface area contributed by atoms with Crippen molar-refractivity contribution in [2.75, 3.05) is 52.5 Å². The molecule has 0 bridgehead atoms. The molecule has 1 aromatic carbocycles. The molecule has 6 nitrogen and oxygen atoms in total. The highest BCUT2D eigenvalue weighted by Crippen LogP contribution is 2.31. The monoisotopic (exact) mass is 442 g/mol. The third kappa shape index (κ3) is 8.02. The Balaban J connectivity index is 2.10. The summed E-state index contributed by atoms with van der Waals surface area (Å²) >= 11 is 6.41. The fourth-order valence-corrected chi connectivity index (χ4v) is 3.84. The van der Waals surface area contributed by atoms with Crippen LogP contribution < -0.4 is 10.6 Å². The second kappa shape index (κ2) is 13.8. The van der Waals surface area contributed by atoms with Crippen molar-refractivity contribution in [1.82, 2.24) is 15.5 Å². The number of rotatable bonds is 11. The molecule has 2 rings (SSSR count). The molecular formula is C22H36ClFN4O2. The number of guanidine groups is 1. The minimum atomic E-state index is -0.296. The van der Waals surface area contributed by atoms with Crippen LogP contribution in [-0.2, 0) is 9.47 Å². The molecule has 0 amide bonds. The first-order valence-corrected chi connectivity index (χ1v) is 11.3. The molecule has 1 aromatic rings. The largest absolute Gasteiger partial charge is 0.382 e. The Kier molecular flexibility index (Phi) is 11.4. The van der Waals surface area contributed by atoms with Gasteiger partial charge in [-0.1, -0.05) is 17.7 Å². The van der Waals surface area contributed by atoms with Crippen molar-refractivity contribution in [3.8, 4) is 0 Å². The van der Waals surface area contributed by atoms with E-state index in [0.29, 0.717) is 30.3 Å². The van der Waals surface area contributed by atoms with Gasteiger partial charge in [0.1, 0.15) is 5.82 Å². The smallest absolute Gasteiger partial charge is 0.191 e. The molecule has 2 atom stereocenters. The molecule has 8 heteroatoms. The van der Waals surface area contributed by atoms with E-state index in [0.717, 1.165) is 51.6 Å². The van der Waals surface area contributed by atoms with E-state index >= 15 is 0 Å². The molecule has 0 saturated carbocycles. The Morgan fingerprint density at radius 3 is 2.90 bits per heavy atom. The lowest BCUT2D eigenvalue weighted by Crippen LogP contribution is -2.45. The summed E-state index contributed by atoms with van der Waals surface area (Å²) in [6.07, 6.45) is 2.08. The van der Waals surface area contributed by atoms with Gasteiger partial charge in [0.25, 0.3) is 0 Å². The molecule has 1 heterocycles. The zero-order chi connectivity index (χ0) is 21.8. The average molecular weight is 443 g/mol. The van der Waals surface area contributed by atoms with Gasteiger partial charge in [-0.25, -0.2) is 4.39 Å². The first kappa shape index (κ1) is 24.9. The maximum Gasteiger partial charge on any atom is 0.191 e. The van der Waals surface area contributed by atoms with Crippen molar-refractivity contribution in [2.45, 2.75) is 45.8 Å². The van der Waals surface area contributed by atoms with Crippen molar-refractivity contribution in [3.05, 3.63) is 34.6 Å². The average Bonchev–Trinajstić information content (AvgIpc) is 2.72. The molecule has 0 aromatic heterocycles. The van der Waals surface area contributed by atoms with Crippen LogP contribution >= 0.6 is 11.6 Å². The van der Waals surface area contributed by atoms with E-state index in [-0.39, 0.29) is 18.0 Å². The maximum atomic E-state index is 14.7. The minimum Gasteiger partial charge on any atom is -0.382 e. The van der Waals surface area contributed by atoms with Gasteiger partial charge < -0.3 is 20.1 Å². The van der Waals surface area contributed by atoms with Crippen molar-refractivity contribution < 1.29 is 13.9 Å². The lowest BCUT2D eigenvalue weighted by atomic mass is 10.0. The minimum absolute atomic E-state index is 0.0903. The molecule has 170 valence electrons. The summed E-state index contributed by atoms with van der Waals surface area (Å²) in [6, 6.07) is 4.59. The predicted octanol–water partition coefficient (Wildman–Crippen LogP) is 3.61. The molecule has 0 aliphatic carbocycles. The molecule has 1 saturated heterocycles. The zero-order valence-corrected chi connectivity index (χ0v) is 19.2. The first-order valence-electron chi connectivity index (χ1n) is 11.0. The van der Waals surface area contributed by atoms with Crippen LogP contribution in [0.4, 0.5) is 4.39 Å². The fourth-order valence-electron chi connectivity index (χ4n) is 3.55. The van der Waals surface area contributed by atoms with Gasteiger partial charge in [0, 0.05) is 50.0 Å². The number of unbranched alkanes of at least 4 members (excludes halogenated alkanes) is 1. The molecule has 0 radical (unpaired) electrons. The summed E-state index contributed by atoms with van der Waals surface area (Å²) in [5, 5.41) is 7.06. The van der Waals surface area contributed by atoms with Gasteiger partial charge in [-0.3, -0.25) is 9.89 Å². The van der Waals surface area contributed by atoms with E-state index in [4.69, 9.17) is 26.1 Å². The summed E-state index contributed by atoms with van der Waals surface area (Å²) in [5.41, 5.74) is 0.504. The molecule has 1 fully saturated rings. The van der Waals surface area contributed by atoms with E-state index in [1.807, 2.05) is 20.8 Å². The van der Waals surface area contributed by atoms with Crippen LogP contribution in [0.5, 0.6) is 0 Å². The molecule has 1 aliphatic heterocycles. The number of hydrogen-bond donors (Lipinski definition) is 2. The molecule has 30 heavy (non-hydrogen) atoms. The summed E-state index contributed by atoms with van der Waals surface area (Å²) in [6.45, 7) is 11.6. The molecule has 0 spiro atoms. The SMILES string of the molecule is CCNC(=NCC(c1c(F)cccc1Cl)N1CCOC(C)C1)NCCCCOCC. The van der Waals surface area contributed by atoms with Crippen molar-refractivity contribution in [3.63, 3.8) is 0 Å². The topological polar surface area (TPSA) is 58.1 Å². The van der Waals surface area contributed by atoms with Crippen LogP contribution in [0.25, 0.3) is 0 Å². The van der Waals surface area contributed by atoms with Gasteiger partial charge in [0.05, 0.1) is 25.3 Å². The normalized spacial score (nSPS) is 19.0. The lowest BCUT2D eigenvalue weighted by Gasteiger charge is -2.37. The van der Waals surface area contributed by atoms with Gasteiger partial charge in [0.2, 0.25) is 0 Å². The molecule has 2 unspecified atom stereocenters. The van der Waals surface area contributed by atoms with Gasteiger partial charge in [-0.15, -0.1) is 0 Å². The van der Waals surface area contributed by atoms with E-state index in [2.05, 4.69) is 15.5 Å². The highest BCUT2D eigenvalue weighted by Gasteiger charge is 2.29. The number of hydrogen-bond acceptors (Lipinski definition) is 4. The van der Waals surface area contributed by atoms with Crippen LogP contribution in [0.2, 0.25) is 5.02 Å². The third-order valence-electron chi connectivity index (χ3n) is 5.02. The molecule has 1 aliphatic rings. The fraction of sp³-hybridized carbons (Fsp3) is 0.682. The number of benzene rings is 1. The summed E-state index contributed by atoms with van der Waals surface area (Å²) in [4.78, 5) is 6.98. The van der Waals surface area contributed by atoms with Crippen LogP contribution in [0, 0.1) is 5.82 Å². The number of aliphatic imine (C=N–C) groups is 1. The van der Waals surface area contributed by atoms with Gasteiger partial charge in [-0.2, -0.15) is 0 Å². The van der Waals surface area contributed by atoms with Crippen molar-refractivity contribution >= 4 is 17.6 Å². The summed E-state index contributed by atoms with van der Waals surface area (Å²) in [5.74, 6) is 0.434. The third-order valence-corrected chi connectivity index (χ3v) is 5.35. The Labute approximate surface area is 185 Å². The van der Waals surface area contributed by atoms with Gasteiger partial charge in [0.15, 0.2) is 5.96 Å². The lowest BCUT2D eigenvalue weighted by molar-refractivity contribution is -0.0336. The maximum absolute atomic E-state index is 14.7. The number of morpholine rings is 1. The Morgan fingerprint density at radius 2 is 2.20 bits per heavy atom. The standard InChI is InChI=1S/C22H36ClFN4O2/c1-4-25-22(26-11-6-7-13-29-5-2)27-15-20(28-12-14-30-17(3)16-28)21-18(23)9-8-10-19(21)24/h8-10,17,20H,4-7,11-16H2,1-3H3,(H2,25,26,27). The van der Waals surface area contributed by atoms with E-state index in [9.17, 15) is 4.39 Å². The predicted molar refractivity (Wildman–Crippen MR) is 121 cm³/mol. The van der Waals surface area contributed by atoms with Crippen LogP contribution in [-0.4, -0.2) is 69.5 Å². The van der Waals surface area contributed by atoms with Crippen LogP contribution in [0.15, 0.2) is 23.2 Å². The Bertz CT molecular complexity index is 642. The number of nitrogens with zero attached hydrogens (tertiary/aromatic N) is 2. The zero-order valence-electron chi connectivity index (χ0n) is 18.4. The van der Waals surface area contributed by atoms with E-state index in [1.54, 1.807) is 12.1 Å². The van der Waals surface area contributed by atoms with E-state index < -0.39 is 0 Å². The summed E-state index contributed by atoms with van der Waals surface area (Å²) < 4.78 is 25.8. The van der Waals surface area contributed by atoms with E-state index in [1.165, 1.54) is 6.07 Å². The van der Waals surface area contributed by atoms with Crippen LogP contribution in [0.1, 0.15) is 45.2 Å². The highest BCUT2D eigenvalue weighted by molar-refractivity contribution is 6.31. The Morgan fingerprint density at radius 1 is 1.37 bits per heavy atom. The second-order valence-corrected chi connectivity index (χ2v) is 7.79. The number of nitrogens with one attached hydrogen (secondary N) is 2. The number of ether oxygens (including phenoxy) is 2. The van der Waals surface area contributed by atoms with Crippen LogP contribution in [0.3, 0.4) is 0 Å². The molecular weight excluding hydrogens is 407 g/mol. The number of halogens is 2.